The second-order valence-electron chi connectivity index (χ2n) is 16.0. The van der Waals surface area contributed by atoms with Gasteiger partial charge in [0.05, 0.1) is 19.5 Å². The van der Waals surface area contributed by atoms with Gasteiger partial charge >= 0.3 is 0 Å². The number of aliphatic imine (C=N–C) groups is 1. The van der Waals surface area contributed by atoms with Gasteiger partial charge in [0.25, 0.3) is 0 Å². The average Bonchev–Trinajstić information content (AvgIpc) is 3.05. The molecule has 0 amide bonds. The lowest BCUT2D eigenvalue weighted by Gasteiger charge is -2.33. The number of benzene rings is 1. The number of hydrogen-bond donors (Lipinski definition) is 0. The van der Waals surface area contributed by atoms with Crippen LogP contribution in [0.25, 0.3) is 17.0 Å². The Kier molecular flexibility index (Phi) is 12.6. The SMILES string of the molecule is C=C(C1C(CCC(C)(/C=C\C)N=C(C)/C=C\C)c2ccccc2-c2cc(CC(CC)CC)c([Si](C)(C)C)c[n+]21)[n+]1ccc(C(C)C)cc1C. The van der Waals surface area contributed by atoms with E-state index in [1.54, 1.807) is 10.8 Å². The maximum Gasteiger partial charge on any atom is 0.249 e. The predicted molar refractivity (Wildman–Crippen MR) is 216 cm³/mol. The fourth-order valence-corrected chi connectivity index (χ4v) is 9.70. The summed E-state index contributed by atoms with van der Waals surface area (Å²) in [6.45, 7) is 32.6. The average molecular weight is 676 g/mol. The van der Waals surface area contributed by atoms with Crippen molar-refractivity contribution in [3.05, 3.63) is 108 Å². The van der Waals surface area contributed by atoms with Crippen LogP contribution in [-0.4, -0.2) is 19.3 Å². The number of rotatable bonds is 14. The first-order chi connectivity index (χ1) is 23.2. The van der Waals surface area contributed by atoms with Gasteiger partial charge < -0.3 is 0 Å². The molecule has 262 valence electrons. The molecule has 2 aromatic heterocycles. The minimum absolute atomic E-state index is 0.0614. The Bertz CT molecular complexity index is 1720. The maximum atomic E-state index is 5.26. The van der Waals surface area contributed by atoms with Gasteiger partial charge in [-0.15, -0.1) is 0 Å². The van der Waals surface area contributed by atoms with Crippen molar-refractivity contribution < 1.29 is 9.13 Å². The molecule has 3 aromatic rings. The summed E-state index contributed by atoms with van der Waals surface area (Å²) >= 11 is 0. The van der Waals surface area contributed by atoms with Crippen molar-refractivity contribution >= 4 is 24.7 Å². The maximum absolute atomic E-state index is 5.26. The molecule has 1 aliphatic heterocycles. The fraction of sp³-hybridized carbons (Fsp3) is 0.489. The first kappa shape index (κ1) is 38.4. The summed E-state index contributed by atoms with van der Waals surface area (Å²) in [5.41, 5.74) is 10.2. The molecule has 0 aliphatic carbocycles. The summed E-state index contributed by atoms with van der Waals surface area (Å²) in [6.07, 6.45) is 19.0. The number of nitrogens with zero attached hydrogens (tertiary/aromatic N) is 3. The van der Waals surface area contributed by atoms with E-state index in [1.807, 2.05) is 0 Å². The molecule has 4 heteroatoms. The standard InChI is InChI=1S/C45H65N3Si/c1-14-20-33(7)46-45(10,25-15-2)26-23-41-39-21-18-19-22-40(39)42-30-38(29-36(16-3)17-4)43(49(11,12)13)31-48(42)44(41)35(9)47-27-24-37(32(5)6)28-34(47)8/h14-15,18-22,24-25,27-28,30-32,36,41,44H,9,16-17,23,26,29H2,1-8,10-13H3/q+2/b20-14-,25-15-,46-33?. The normalized spacial score (nSPS) is 18.0. The Hall–Kier alpha value is -3.37. The molecule has 0 spiro atoms. The molecule has 0 saturated heterocycles. The Labute approximate surface area is 300 Å². The van der Waals surface area contributed by atoms with E-state index in [0.29, 0.717) is 11.8 Å². The number of aromatic nitrogens is 2. The van der Waals surface area contributed by atoms with E-state index in [2.05, 4.69) is 170 Å². The van der Waals surface area contributed by atoms with Crippen molar-refractivity contribution in [3.8, 4) is 11.3 Å². The van der Waals surface area contributed by atoms with Crippen molar-refractivity contribution in [1.29, 1.82) is 0 Å². The number of hydrogen-bond acceptors (Lipinski definition) is 1. The zero-order valence-electron chi connectivity index (χ0n) is 32.9. The molecule has 49 heavy (non-hydrogen) atoms. The first-order valence-corrected chi connectivity index (χ1v) is 22.4. The zero-order chi connectivity index (χ0) is 36.1. The van der Waals surface area contributed by atoms with Crippen LogP contribution in [0.2, 0.25) is 19.6 Å². The third kappa shape index (κ3) is 8.68. The summed E-state index contributed by atoms with van der Waals surface area (Å²) in [5, 5.41) is 1.58. The van der Waals surface area contributed by atoms with E-state index in [1.165, 1.54) is 40.9 Å². The first-order valence-electron chi connectivity index (χ1n) is 18.9. The number of allylic oxidation sites excluding steroid dienone is 4. The number of aryl methyl sites for hydroxylation is 1. The molecule has 0 bridgehead atoms. The van der Waals surface area contributed by atoms with Crippen LogP contribution in [0.15, 0.2) is 90.7 Å². The van der Waals surface area contributed by atoms with Crippen LogP contribution in [0.5, 0.6) is 0 Å². The van der Waals surface area contributed by atoms with Crippen LogP contribution in [0.3, 0.4) is 0 Å². The largest absolute Gasteiger partial charge is 0.280 e. The summed E-state index contributed by atoms with van der Waals surface area (Å²) in [6, 6.07) is 16.5. The van der Waals surface area contributed by atoms with Gasteiger partial charge in [0.2, 0.25) is 17.4 Å². The summed E-state index contributed by atoms with van der Waals surface area (Å²) in [5.74, 6) is 1.41. The second kappa shape index (κ2) is 16.1. The smallest absolute Gasteiger partial charge is 0.249 e. The summed E-state index contributed by atoms with van der Waals surface area (Å²) < 4.78 is 5.00. The van der Waals surface area contributed by atoms with Gasteiger partial charge in [-0.2, -0.15) is 9.13 Å². The minimum atomic E-state index is -1.69. The van der Waals surface area contributed by atoms with Crippen LogP contribution in [0, 0.1) is 12.8 Å². The lowest BCUT2D eigenvalue weighted by molar-refractivity contribution is -0.729. The topological polar surface area (TPSA) is 20.1 Å². The lowest BCUT2D eigenvalue weighted by atomic mass is 9.76. The van der Waals surface area contributed by atoms with Crippen molar-refractivity contribution in [2.24, 2.45) is 10.9 Å². The summed E-state index contributed by atoms with van der Waals surface area (Å²) in [7, 11) is -1.69. The molecule has 0 fully saturated rings. The van der Waals surface area contributed by atoms with E-state index in [4.69, 9.17) is 11.6 Å². The van der Waals surface area contributed by atoms with Gasteiger partial charge in [-0.3, -0.25) is 4.99 Å². The molecule has 3 nitrogen and oxygen atoms in total. The molecule has 0 radical (unpaired) electrons. The molecular formula is C45H65N3Si+2. The molecule has 0 saturated carbocycles. The Balaban J connectivity index is 1.99. The van der Waals surface area contributed by atoms with Gasteiger partial charge in [0, 0.05) is 41.6 Å². The number of pyridine rings is 2. The second-order valence-corrected chi connectivity index (χ2v) is 21.1. The Morgan fingerprint density at radius 3 is 2.33 bits per heavy atom. The van der Waals surface area contributed by atoms with Crippen molar-refractivity contribution in [3.63, 3.8) is 0 Å². The monoisotopic (exact) mass is 675 g/mol. The molecule has 3 atom stereocenters. The highest BCUT2D eigenvalue weighted by Crippen LogP contribution is 2.45. The molecule has 3 heterocycles. The van der Waals surface area contributed by atoms with Crippen LogP contribution < -0.4 is 14.3 Å². The minimum Gasteiger partial charge on any atom is -0.280 e. The van der Waals surface area contributed by atoms with Gasteiger partial charge in [0.1, 0.15) is 0 Å². The van der Waals surface area contributed by atoms with E-state index in [9.17, 15) is 0 Å². The fourth-order valence-electron chi connectivity index (χ4n) is 8.04. The highest BCUT2D eigenvalue weighted by Gasteiger charge is 2.47. The number of fused-ring (bicyclic) bond motifs is 3. The van der Waals surface area contributed by atoms with Crippen molar-refractivity contribution in [1.82, 2.24) is 0 Å². The third-order valence-electron chi connectivity index (χ3n) is 10.8. The van der Waals surface area contributed by atoms with Crippen LogP contribution >= 0.6 is 0 Å². The van der Waals surface area contributed by atoms with E-state index < -0.39 is 8.07 Å². The van der Waals surface area contributed by atoms with Crippen molar-refractivity contribution in [2.75, 3.05) is 0 Å². The molecular weight excluding hydrogens is 611 g/mol. The highest BCUT2D eigenvalue weighted by molar-refractivity contribution is 6.89. The highest BCUT2D eigenvalue weighted by atomic mass is 28.3. The molecule has 1 aliphatic rings. The lowest BCUT2D eigenvalue weighted by Crippen LogP contribution is -2.57. The molecule has 0 N–H and O–H groups in total. The Morgan fingerprint density at radius 2 is 1.73 bits per heavy atom. The van der Waals surface area contributed by atoms with Gasteiger partial charge in [-0.05, 0) is 94.2 Å². The van der Waals surface area contributed by atoms with Gasteiger partial charge in [-0.1, -0.05) is 96.6 Å². The zero-order valence-corrected chi connectivity index (χ0v) is 33.9. The summed E-state index contributed by atoms with van der Waals surface area (Å²) in [4.78, 5) is 5.26. The predicted octanol–water partition coefficient (Wildman–Crippen LogP) is 10.8. The van der Waals surface area contributed by atoms with Crippen LogP contribution in [-0.2, 0) is 6.42 Å². The van der Waals surface area contributed by atoms with Crippen molar-refractivity contribution in [2.45, 2.75) is 137 Å². The van der Waals surface area contributed by atoms with E-state index in [-0.39, 0.29) is 17.5 Å². The quantitative estimate of drug-likeness (QED) is 0.0701. The van der Waals surface area contributed by atoms with E-state index in [0.717, 1.165) is 30.7 Å². The molecule has 3 unspecified atom stereocenters. The van der Waals surface area contributed by atoms with E-state index >= 15 is 0 Å². The van der Waals surface area contributed by atoms with Crippen LogP contribution in [0.1, 0.15) is 121 Å². The third-order valence-corrected chi connectivity index (χ3v) is 12.9. The van der Waals surface area contributed by atoms with Gasteiger partial charge in [-0.25, -0.2) is 0 Å². The van der Waals surface area contributed by atoms with Crippen LogP contribution in [0.4, 0.5) is 0 Å². The van der Waals surface area contributed by atoms with Gasteiger partial charge in [0.15, 0.2) is 18.1 Å². The molecule has 4 rings (SSSR count). The molecule has 1 aromatic carbocycles. The Morgan fingerprint density at radius 1 is 1.04 bits per heavy atom.